The van der Waals surface area contributed by atoms with Gasteiger partial charge >= 0.3 is 0 Å². The fraction of sp³-hybridized carbons (Fsp3) is 0.0769. The molecule has 0 bridgehead atoms. The van der Waals surface area contributed by atoms with Gasteiger partial charge in [-0.2, -0.15) is 0 Å². The summed E-state index contributed by atoms with van der Waals surface area (Å²) in [6.07, 6.45) is 0. The first-order chi connectivity index (χ1) is 7.66. The zero-order chi connectivity index (χ0) is 11.5. The lowest BCUT2D eigenvalue weighted by atomic mass is 10.0. The second-order valence-electron chi connectivity index (χ2n) is 3.43. The van der Waals surface area contributed by atoms with Crippen molar-refractivity contribution in [2.75, 3.05) is 0 Å². The largest absolute Gasteiger partial charge is 0.207 e. The maximum Gasteiger partial charge on any atom is 0.123 e. The van der Waals surface area contributed by atoms with Crippen molar-refractivity contribution in [3.63, 3.8) is 0 Å². The molecule has 3 heteroatoms. The Bertz CT molecular complexity index is 478. The van der Waals surface area contributed by atoms with Crippen molar-refractivity contribution >= 4 is 31.9 Å². The van der Waals surface area contributed by atoms with E-state index in [1.807, 2.05) is 18.2 Å². The van der Waals surface area contributed by atoms with Crippen molar-refractivity contribution in [2.45, 2.75) is 3.74 Å². The molecule has 0 saturated carbocycles. The van der Waals surface area contributed by atoms with Crippen LogP contribution in [0.3, 0.4) is 0 Å². The lowest BCUT2D eigenvalue weighted by molar-refractivity contribution is 0.628. The lowest BCUT2D eigenvalue weighted by Crippen LogP contribution is -1.83. The van der Waals surface area contributed by atoms with Crippen molar-refractivity contribution in [1.29, 1.82) is 0 Å². The molecule has 0 aliphatic rings. The number of alkyl halides is 2. The van der Waals surface area contributed by atoms with Gasteiger partial charge in [0.15, 0.2) is 0 Å². The van der Waals surface area contributed by atoms with E-state index >= 15 is 0 Å². The predicted molar refractivity (Wildman–Crippen MR) is 72.4 cm³/mol. The van der Waals surface area contributed by atoms with E-state index in [1.165, 1.54) is 12.1 Å². The van der Waals surface area contributed by atoms with E-state index in [0.29, 0.717) is 0 Å². The minimum atomic E-state index is -0.209. The zero-order valence-electron chi connectivity index (χ0n) is 8.33. The second-order valence-corrected chi connectivity index (χ2v) is 6.49. The molecule has 0 spiro atoms. The smallest absolute Gasteiger partial charge is 0.123 e. The van der Waals surface area contributed by atoms with Gasteiger partial charge in [-0.3, -0.25) is 0 Å². The Morgan fingerprint density at radius 1 is 0.875 bits per heavy atom. The van der Waals surface area contributed by atoms with E-state index in [1.54, 1.807) is 12.1 Å². The van der Waals surface area contributed by atoms with Gasteiger partial charge in [0.1, 0.15) is 5.82 Å². The molecule has 0 atom stereocenters. The third kappa shape index (κ3) is 2.71. The molecule has 0 aromatic heterocycles. The van der Waals surface area contributed by atoms with Gasteiger partial charge in [0.2, 0.25) is 0 Å². The van der Waals surface area contributed by atoms with Gasteiger partial charge < -0.3 is 0 Å². The second kappa shape index (κ2) is 5.11. The Kier molecular flexibility index (Phi) is 3.77. The normalized spacial score (nSPS) is 10.8. The maximum atomic E-state index is 12.8. The molecule has 0 aliphatic carbocycles. The molecule has 0 fully saturated rings. The Morgan fingerprint density at radius 2 is 1.56 bits per heavy atom. The van der Waals surface area contributed by atoms with Crippen LogP contribution in [0.2, 0.25) is 0 Å². The van der Waals surface area contributed by atoms with E-state index in [0.717, 1.165) is 16.7 Å². The summed E-state index contributed by atoms with van der Waals surface area (Å²) in [4.78, 5) is 0. The molecule has 0 N–H and O–H groups in total. The van der Waals surface area contributed by atoms with Gasteiger partial charge in [0.25, 0.3) is 0 Å². The SMILES string of the molecule is Fc1ccc(-c2cccc(C(Br)Br)c2)cc1. The molecule has 16 heavy (non-hydrogen) atoms. The molecule has 0 radical (unpaired) electrons. The molecule has 2 aromatic carbocycles. The molecule has 2 aromatic rings. The molecule has 82 valence electrons. The standard InChI is InChI=1S/C13H9Br2F/c14-13(15)11-3-1-2-10(8-11)9-4-6-12(16)7-5-9/h1-8,13H. The minimum absolute atomic E-state index is 0.139. The molecule has 0 amide bonds. The van der Waals surface area contributed by atoms with E-state index in [4.69, 9.17) is 0 Å². The number of benzene rings is 2. The van der Waals surface area contributed by atoms with Crippen LogP contribution in [0.5, 0.6) is 0 Å². The first kappa shape index (κ1) is 11.8. The summed E-state index contributed by atoms with van der Waals surface area (Å²) in [7, 11) is 0. The van der Waals surface area contributed by atoms with Crippen LogP contribution < -0.4 is 0 Å². The Labute approximate surface area is 111 Å². The van der Waals surface area contributed by atoms with Crippen LogP contribution in [-0.2, 0) is 0 Å². The summed E-state index contributed by atoms with van der Waals surface area (Å²) in [6, 6.07) is 14.6. The van der Waals surface area contributed by atoms with Crippen LogP contribution >= 0.6 is 31.9 Å². The zero-order valence-corrected chi connectivity index (χ0v) is 11.5. The van der Waals surface area contributed by atoms with Crippen molar-refractivity contribution in [3.8, 4) is 11.1 Å². The Morgan fingerprint density at radius 3 is 2.19 bits per heavy atom. The highest BCUT2D eigenvalue weighted by molar-refractivity contribution is 9.24. The number of hydrogen-bond donors (Lipinski definition) is 0. The molecular weight excluding hydrogens is 335 g/mol. The van der Waals surface area contributed by atoms with E-state index in [9.17, 15) is 4.39 Å². The van der Waals surface area contributed by atoms with Crippen molar-refractivity contribution in [2.24, 2.45) is 0 Å². The summed E-state index contributed by atoms with van der Waals surface area (Å²) in [5.41, 5.74) is 3.24. The van der Waals surface area contributed by atoms with Gasteiger partial charge in [0.05, 0.1) is 3.74 Å². The van der Waals surface area contributed by atoms with Crippen LogP contribution in [0.15, 0.2) is 48.5 Å². The average molecular weight is 344 g/mol. The minimum Gasteiger partial charge on any atom is -0.207 e. The third-order valence-electron chi connectivity index (χ3n) is 2.32. The fourth-order valence-electron chi connectivity index (χ4n) is 1.50. The molecule has 0 heterocycles. The molecular formula is C13H9Br2F. The maximum absolute atomic E-state index is 12.8. The van der Waals surface area contributed by atoms with Crippen LogP contribution in [0.4, 0.5) is 4.39 Å². The topological polar surface area (TPSA) is 0 Å². The van der Waals surface area contributed by atoms with Gasteiger partial charge in [-0.15, -0.1) is 0 Å². The highest BCUT2D eigenvalue weighted by Crippen LogP contribution is 2.31. The Balaban J connectivity index is 2.40. The summed E-state index contributed by atoms with van der Waals surface area (Å²) in [5.74, 6) is -0.209. The van der Waals surface area contributed by atoms with Gasteiger partial charge in [-0.1, -0.05) is 62.2 Å². The summed E-state index contributed by atoms with van der Waals surface area (Å²) in [6.45, 7) is 0. The van der Waals surface area contributed by atoms with Crippen LogP contribution in [0.1, 0.15) is 9.30 Å². The molecule has 0 saturated heterocycles. The lowest BCUT2D eigenvalue weighted by Gasteiger charge is -2.06. The molecule has 0 aliphatic heterocycles. The van der Waals surface area contributed by atoms with E-state index in [-0.39, 0.29) is 9.55 Å². The van der Waals surface area contributed by atoms with Crippen LogP contribution in [-0.4, -0.2) is 0 Å². The summed E-state index contributed by atoms with van der Waals surface area (Å²) in [5, 5.41) is 0. The number of rotatable bonds is 2. The van der Waals surface area contributed by atoms with Crippen molar-refractivity contribution in [1.82, 2.24) is 0 Å². The highest BCUT2D eigenvalue weighted by Gasteiger charge is 2.04. The number of halogens is 3. The molecule has 0 nitrogen and oxygen atoms in total. The van der Waals surface area contributed by atoms with Gasteiger partial charge in [-0.25, -0.2) is 4.39 Å². The number of hydrogen-bond acceptors (Lipinski definition) is 0. The molecule has 2 rings (SSSR count). The Hall–Kier alpha value is -0.670. The summed E-state index contributed by atoms with van der Waals surface area (Å²) >= 11 is 6.91. The third-order valence-corrected chi connectivity index (χ3v) is 3.37. The first-order valence-corrected chi connectivity index (χ1v) is 6.64. The fourth-order valence-corrected chi connectivity index (χ4v) is 2.07. The van der Waals surface area contributed by atoms with Crippen molar-refractivity contribution < 1.29 is 4.39 Å². The van der Waals surface area contributed by atoms with Crippen LogP contribution in [0.25, 0.3) is 11.1 Å². The van der Waals surface area contributed by atoms with E-state index in [2.05, 4.69) is 37.9 Å². The van der Waals surface area contributed by atoms with Gasteiger partial charge in [0, 0.05) is 0 Å². The quantitative estimate of drug-likeness (QED) is 0.650. The van der Waals surface area contributed by atoms with Crippen molar-refractivity contribution in [3.05, 3.63) is 59.9 Å². The summed E-state index contributed by atoms with van der Waals surface area (Å²) < 4.78 is 12.9. The van der Waals surface area contributed by atoms with Gasteiger partial charge in [-0.05, 0) is 34.9 Å². The molecule has 0 unspecified atom stereocenters. The first-order valence-electron chi connectivity index (χ1n) is 4.81. The predicted octanol–water partition coefficient (Wildman–Crippen LogP) is 5.28. The van der Waals surface area contributed by atoms with E-state index < -0.39 is 0 Å². The average Bonchev–Trinajstić information content (AvgIpc) is 2.30. The highest BCUT2D eigenvalue weighted by atomic mass is 79.9. The van der Waals surface area contributed by atoms with Crippen LogP contribution in [0, 0.1) is 5.82 Å². The monoisotopic (exact) mass is 342 g/mol.